The number of hydrogen-bond donors (Lipinski definition) is 1. The highest BCUT2D eigenvalue weighted by Crippen LogP contribution is 2.23. The van der Waals surface area contributed by atoms with E-state index in [0.29, 0.717) is 25.3 Å². The summed E-state index contributed by atoms with van der Waals surface area (Å²) in [7, 11) is -3.72. The molecule has 0 spiro atoms. The third-order valence-electron chi connectivity index (χ3n) is 4.93. The summed E-state index contributed by atoms with van der Waals surface area (Å²) in [5.74, 6) is -0.200. The highest BCUT2D eigenvalue weighted by Gasteiger charge is 2.27. The Balaban J connectivity index is 1.48. The molecule has 1 amide bonds. The fourth-order valence-corrected chi connectivity index (χ4v) is 5.13. The maximum Gasteiger partial charge on any atom is 0.254 e. The van der Waals surface area contributed by atoms with E-state index in [2.05, 4.69) is 4.72 Å². The van der Waals surface area contributed by atoms with E-state index in [4.69, 9.17) is 4.74 Å². The van der Waals surface area contributed by atoms with Crippen molar-refractivity contribution < 1.29 is 17.9 Å². The highest BCUT2D eigenvalue weighted by atomic mass is 32.2. The lowest BCUT2D eigenvalue weighted by atomic mass is 10.1. The Hall–Kier alpha value is -2.52. The van der Waals surface area contributed by atoms with Crippen molar-refractivity contribution >= 4 is 27.3 Å². The number of thiophene rings is 1. The predicted octanol–water partition coefficient (Wildman–Crippen LogP) is 3.44. The summed E-state index contributed by atoms with van der Waals surface area (Å²) in [4.78, 5) is 15.8. The van der Waals surface area contributed by atoms with Crippen molar-refractivity contribution in [1.82, 2.24) is 9.62 Å². The molecule has 4 rings (SSSR count). The van der Waals surface area contributed by atoms with Gasteiger partial charge in [-0.05, 0) is 35.2 Å². The van der Waals surface area contributed by atoms with E-state index in [-0.39, 0.29) is 23.5 Å². The number of carbonyl (C=O) groups excluding carboxylic acids is 1. The molecule has 30 heavy (non-hydrogen) atoms. The number of nitrogens with one attached hydrogen (secondary N) is 1. The fourth-order valence-electron chi connectivity index (χ4n) is 3.34. The molecule has 1 atom stereocenters. The van der Waals surface area contributed by atoms with Crippen LogP contribution >= 0.6 is 11.3 Å². The van der Waals surface area contributed by atoms with Crippen molar-refractivity contribution in [2.45, 2.75) is 17.5 Å². The molecule has 0 radical (unpaired) electrons. The van der Waals surface area contributed by atoms with Crippen LogP contribution in [0.1, 0.15) is 26.9 Å². The Bertz CT molecular complexity index is 1100. The average molecular weight is 443 g/mol. The van der Waals surface area contributed by atoms with E-state index in [9.17, 15) is 13.2 Å². The van der Waals surface area contributed by atoms with Gasteiger partial charge < -0.3 is 9.64 Å². The minimum Gasteiger partial charge on any atom is -0.370 e. The van der Waals surface area contributed by atoms with Gasteiger partial charge in [-0.2, -0.15) is 0 Å². The van der Waals surface area contributed by atoms with Crippen molar-refractivity contribution in [2.75, 3.05) is 19.7 Å². The quantitative estimate of drug-likeness (QED) is 0.635. The molecule has 1 aromatic heterocycles. The Kier molecular flexibility index (Phi) is 6.29. The van der Waals surface area contributed by atoms with Crippen LogP contribution in [0.5, 0.6) is 0 Å². The van der Waals surface area contributed by atoms with Crippen LogP contribution in [0.25, 0.3) is 0 Å². The smallest absolute Gasteiger partial charge is 0.254 e. The van der Waals surface area contributed by atoms with E-state index in [0.717, 1.165) is 10.4 Å². The van der Waals surface area contributed by atoms with Crippen LogP contribution in [0.2, 0.25) is 0 Å². The largest absolute Gasteiger partial charge is 0.370 e. The number of nitrogens with zero attached hydrogens (tertiary/aromatic N) is 1. The van der Waals surface area contributed by atoms with E-state index in [1.54, 1.807) is 17.0 Å². The number of sulfonamides is 1. The number of rotatable bonds is 6. The minimum absolute atomic E-state index is 0.0813. The van der Waals surface area contributed by atoms with Crippen LogP contribution in [0.3, 0.4) is 0 Å². The zero-order chi connectivity index (χ0) is 21.0. The van der Waals surface area contributed by atoms with Gasteiger partial charge in [0.15, 0.2) is 0 Å². The molecule has 156 valence electrons. The predicted molar refractivity (Wildman–Crippen MR) is 116 cm³/mol. The van der Waals surface area contributed by atoms with Crippen molar-refractivity contribution in [2.24, 2.45) is 0 Å². The first-order valence-corrected chi connectivity index (χ1v) is 12.0. The molecule has 2 aromatic carbocycles. The molecular weight excluding hydrogens is 420 g/mol. The highest BCUT2D eigenvalue weighted by molar-refractivity contribution is 7.89. The molecule has 3 aromatic rings. The summed E-state index contributed by atoms with van der Waals surface area (Å²) in [5.41, 5.74) is 1.37. The van der Waals surface area contributed by atoms with Crippen LogP contribution in [0.15, 0.2) is 77.0 Å². The zero-order valence-electron chi connectivity index (χ0n) is 16.2. The Labute approximate surface area is 180 Å². The third-order valence-corrected chi connectivity index (χ3v) is 7.21. The second-order valence-corrected chi connectivity index (χ2v) is 9.75. The van der Waals surface area contributed by atoms with Gasteiger partial charge in [-0.25, -0.2) is 13.1 Å². The minimum atomic E-state index is -3.72. The lowest BCUT2D eigenvalue weighted by Gasteiger charge is -2.33. The Morgan fingerprint density at radius 2 is 1.93 bits per heavy atom. The molecule has 1 unspecified atom stereocenters. The second kappa shape index (κ2) is 9.09. The van der Waals surface area contributed by atoms with Gasteiger partial charge in [0.2, 0.25) is 10.0 Å². The summed E-state index contributed by atoms with van der Waals surface area (Å²) < 4.78 is 33.7. The van der Waals surface area contributed by atoms with Crippen molar-refractivity contribution in [1.29, 1.82) is 0 Å². The molecule has 6 nitrogen and oxygen atoms in total. The molecule has 1 aliphatic heterocycles. The molecule has 1 saturated heterocycles. The number of hydrogen-bond acceptors (Lipinski definition) is 5. The van der Waals surface area contributed by atoms with Gasteiger partial charge in [0, 0.05) is 23.5 Å². The SMILES string of the molecule is O=C(c1cccc(S(=O)(=O)NCc2cccs2)c1)N1CCOC(c2ccccc2)C1. The van der Waals surface area contributed by atoms with Gasteiger partial charge in [-0.3, -0.25) is 4.79 Å². The van der Waals surface area contributed by atoms with Gasteiger partial charge in [0.1, 0.15) is 6.10 Å². The van der Waals surface area contributed by atoms with E-state index in [1.165, 1.54) is 23.5 Å². The zero-order valence-corrected chi connectivity index (χ0v) is 17.9. The third kappa shape index (κ3) is 4.79. The van der Waals surface area contributed by atoms with Gasteiger partial charge in [-0.1, -0.05) is 42.5 Å². The normalized spacial score (nSPS) is 17.1. The van der Waals surface area contributed by atoms with E-state index < -0.39 is 10.0 Å². The summed E-state index contributed by atoms with van der Waals surface area (Å²) in [5, 5.41) is 1.90. The fraction of sp³-hybridized carbons (Fsp3) is 0.227. The van der Waals surface area contributed by atoms with Crippen LogP contribution < -0.4 is 4.72 Å². The number of carbonyl (C=O) groups is 1. The summed E-state index contributed by atoms with van der Waals surface area (Å²) in [6, 6.07) is 19.7. The first-order chi connectivity index (χ1) is 14.5. The van der Waals surface area contributed by atoms with Gasteiger partial charge in [0.25, 0.3) is 5.91 Å². The first-order valence-electron chi connectivity index (χ1n) is 9.61. The Morgan fingerprint density at radius 1 is 1.10 bits per heavy atom. The molecule has 1 aliphatic rings. The molecular formula is C22H22N2O4S2. The number of benzene rings is 2. The van der Waals surface area contributed by atoms with Crippen molar-refractivity contribution in [3.63, 3.8) is 0 Å². The molecule has 8 heteroatoms. The van der Waals surface area contributed by atoms with Crippen LogP contribution in [-0.4, -0.2) is 38.9 Å². The lowest BCUT2D eigenvalue weighted by Crippen LogP contribution is -2.42. The summed E-state index contributed by atoms with van der Waals surface area (Å²) in [6.45, 7) is 1.55. The number of ether oxygens (including phenoxy) is 1. The number of morpholine rings is 1. The maximum absolute atomic E-state index is 13.1. The van der Waals surface area contributed by atoms with Crippen LogP contribution in [0, 0.1) is 0 Å². The molecule has 0 aliphatic carbocycles. The number of amides is 1. The van der Waals surface area contributed by atoms with Crippen molar-refractivity contribution in [3.05, 3.63) is 88.1 Å². The molecule has 1 fully saturated rings. The van der Waals surface area contributed by atoms with Crippen LogP contribution in [-0.2, 0) is 21.3 Å². The average Bonchev–Trinajstić information content (AvgIpc) is 3.32. The van der Waals surface area contributed by atoms with Gasteiger partial charge in [-0.15, -0.1) is 11.3 Å². The van der Waals surface area contributed by atoms with Gasteiger partial charge >= 0.3 is 0 Å². The maximum atomic E-state index is 13.1. The second-order valence-electron chi connectivity index (χ2n) is 6.95. The van der Waals surface area contributed by atoms with E-state index >= 15 is 0 Å². The van der Waals surface area contributed by atoms with Crippen LogP contribution in [0.4, 0.5) is 0 Å². The molecule has 1 N–H and O–H groups in total. The molecule has 0 bridgehead atoms. The lowest BCUT2D eigenvalue weighted by molar-refractivity contribution is -0.0228. The van der Waals surface area contributed by atoms with Crippen molar-refractivity contribution in [3.8, 4) is 0 Å². The standard InChI is InChI=1S/C22H22N2O4S2/c25-22(24-11-12-28-21(16-24)17-6-2-1-3-7-17)18-8-4-10-20(14-18)30(26,27)23-15-19-9-5-13-29-19/h1-10,13-14,21,23H,11-12,15-16H2. The van der Waals surface area contributed by atoms with E-state index in [1.807, 2.05) is 47.8 Å². The molecule has 0 saturated carbocycles. The molecule has 2 heterocycles. The Morgan fingerprint density at radius 3 is 2.70 bits per heavy atom. The summed E-state index contributed by atoms with van der Waals surface area (Å²) in [6.07, 6.45) is -0.191. The monoisotopic (exact) mass is 442 g/mol. The van der Waals surface area contributed by atoms with Gasteiger partial charge in [0.05, 0.1) is 18.0 Å². The topological polar surface area (TPSA) is 75.7 Å². The first kappa shape index (κ1) is 20.7. The summed E-state index contributed by atoms with van der Waals surface area (Å²) >= 11 is 1.48.